The third kappa shape index (κ3) is 1.96. The molecule has 2 N–H and O–H groups in total. The Hall–Kier alpha value is -1.32. The molecule has 0 radical (unpaired) electrons. The van der Waals surface area contributed by atoms with Crippen LogP contribution < -0.4 is 10.6 Å². The minimum absolute atomic E-state index is 0.370. The molecular weight excluding hydrogens is 200 g/mol. The molecule has 1 aliphatic rings. The molecule has 1 fully saturated rings. The van der Waals surface area contributed by atoms with E-state index in [0.717, 1.165) is 17.9 Å². The van der Waals surface area contributed by atoms with Gasteiger partial charge < -0.3 is 10.6 Å². The number of nitrogens with zero attached hydrogens (tertiary/aromatic N) is 3. The van der Waals surface area contributed by atoms with Gasteiger partial charge in [-0.2, -0.15) is 4.98 Å². The lowest BCUT2D eigenvalue weighted by Gasteiger charge is -2.29. The predicted molar refractivity (Wildman–Crippen MR) is 66.4 cm³/mol. The topological polar surface area (TPSA) is 55.0 Å². The molecule has 1 saturated heterocycles. The number of nitrogen functional groups attached to an aromatic ring is 1. The van der Waals surface area contributed by atoms with Crippen LogP contribution in [0.15, 0.2) is 6.20 Å². The second-order valence-corrected chi connectivity index (χ2v) is 4.88. The number of anilines is 2. The maximum absolute atomic E-state index is 5.67. The fourth-order valence-corrected chi connectivity index (χ4v) is 2.49. The summed E-state index contributed by atoms with van der Waals surface area (Å²) in [6.07, 6.45) is 4.31. The monoisotopic (exact) mass is 220 g/mol. The van der Waals surface area contributed by atoms with Crippen molar-refractivity contribution in [3.63, 3.8) is 0 Å². The molecule has 88 valence electrons. The maximum atomic E-state index is 5.67. The van der Waals surface area contributed by atoms with E-state index < -0.39 is 0 Å². The van der Waals surface area contributed by atoms with Crippen molar-refractivity contribution in [2.24, 2.45) is 5.92 Å². The molecule has 4 nitrogen and oxygen atoms in total. The first-order valence-corrected chi connectivity index (χ1v) is 5.95. The Morgan fingerprint density at radius 2 is 2.25 bits per heavy atom. The molecule has 1 aromatic heterocycles. The summed E-state index contributed by atoms with van der Waals surface area (Å²) in [7, 11) is 0. The Bertz CT molecular complexity index is 375. The molecule has 1 atom stereocenters. The lowest BCUT2D eigenvalue weighted by molar-refractivity contribution is 0.489. The van der Waals surface area contributed by atoms with Gasteiger partial charge in [0.15, 0.2) is 0 Å². The van der Waals surface area contributed by atoms with Gasteiger partial charge in [0.05, 0.1) is 0 Å². The van der Waals surface area contributed by atoms with Crippen LogP contribution in [0.25, 0.3) is 0 Å². The van der Waals surface area contributed by atoms with Crippen LogP contribution in [0.3, 0.4) is 0 Å². The molecule has 4 heteroatoms. The van der Waals surface area contributed by atoms with Crippen molar-refractivity contribution in [2.45, 2.75) is 39.7 Å². The van der Waals surface area contributed by atoms with Crippen LogP contribution in [0.4, 0.5) is 11.8 Å². The van der Waals surface area contributed by atoms with E-state index in [-0.39, 0.29) is 0 Å². The number of nitrogens with two attached hydrogens (primary N) is 1. The Balaban J connectivity index is 2.32. The zero-order valence-corrected chi connectivity index (χ0v) is 10.3. The Labute approximate surface area is 96.9 Å². The van der Waals surface area contributed by atoms with Gasteiger partial charge in [-0.15, -0.1) is 0 Å². The Morgan fingerprint density at radius 3 is 2.94 bits per heavy atom. The molecule has 0 spiro atoms. The second-order valence-electron chi connectivity index (χ2n) is 4.88. The van der Waals surface area contributed by atoms with Crippen molar-refractivity contribution in [3.05, 3.63) is 11.8 Å². The van der Waals surface area contributed by atoms with E-state index >= 15 is 0 Å². The molecule has 0 aromatic carbocycles. The first-order chi connectivity index (χ1) is 7.59. The van der Waals surface area contributed by atoms with Crippen LogP contribution in [-0.2, 0) is 0 Å². The molecule has 0 amide bonds. The van der Waals surface area contributed by atoms with Gasteiger partial charge in [-0.25, -0.2) is 4.98 Å². The zero-order chi connectivity index (χ0) is 11.7. The van der Waals surface area contributed by atoms with E-state index in [2.05, 4.69) is 28.7 Å². The summed E-state index contributed by atoms with van der Waals surface area (Å²) in [5, 5.41) is 0. The molecule has 1 aromatic rings. The smallest absolute Gasteiger partial charge is 0.221 e. The number of hydrogen-bond acceptors (Lipinski definition) is 4. The average Bonchev–Trinajstić information content (AvgIpc) is 2.70. The Morgan fingerprint density at radius 1 is 1.50 bits per heavy atom. The minimum Gasteiger partial charge on any atom is -0.368 e. The maximum Gasteiger partial charge on any atom is 0.221 e. The molecule has 2 rings (SSSR count). The average molecular weight is 220 g/mol. The van der Waals surface area contributed by atoms with Crippen molar-refractivity contribution in [1.82, 2.24) is 9.97 Å². The molecule has 1 aliphatic heterocycles. The summed E-state index contributed by atoms with van der Waals surface area (Å²) in [6.45, 7) is 7.66. The van der Waals surface area contributed by atoms with E-state index in [1.54, 1.807) is 0 Å². The van der Waals surface area contributed by atoms with Gasteiger partial charge in [-0.05, 0) is 25.7 Å². The summed E-state index contributed by atoms with van der Waals surface area (Å²) >= 11 is 0. The first kappa shape index (κ1) is 11.2. The van der Waals surface area contributed by atoms with Crippen molar-refractivity contribution in [3.8, 4) is 0 Å². The van der Waals surface area contributed by atoms with Crippen molar-refractivity contribution in [2.75, 3.05) is 17.2 Å². The third-order valence-corrected chi connectivity index (χ3v) is 3.30. The molecule has 16 heavy (non-hydrogen) atoms. The van der Waals surface area contributed by atoms with Crippen LogP contribution >= 0.6 is 0 Å². The van der Waals surface area contributed by atoms with Gasteiger partial charge in [0, 0.05) is 24.3 Å². The molecule has 0 bridgehead atoms. The lowest BCUT2D eigenvalue weighted by Crippen LogP contribution is -2.34. The predicted octanol–water partition coefficient (Wildman–Crippen LogP) is 1.99. The molecular formula is C12H20N4. The van der Waals surface area contributed by atoms with Gasteiger partial charge in [-0.3, -0.25) is 0 Å². The quantitative estimate of drug-likeness (QED) is 0.828. The molecule has 1 unspecified atom stereocenters. The van der Waals surface area contributed by atoms with E-state index in [1.165, 1.54) is 12.8 Å². The van der Waals surface area contributed by atoms with Crippen molar-refractivity contribution >= 4 is 11.8 Å². The van der Waals surface area contributed by atoms with E-state index in [0.29, 0.717) is 17.9 Å². The van der Waals surface area contributed by atoms with Crippen LogP contribution in [0.2, 0.25) is 0 Å². The number of hydrogen-bond donors (Lipinski definition) is 1. The number of aromatic nitrogens is 2. The highest BCUT2D eigenvalue weighted by Gasteiger charge is 2.29. The van der Waals surface area contributed by atoms with Crippen molar-refractivity contribution < 1.29 is 0 Å². The van der Waals surface area contributed by atoms with Crippen LogP contribution in [0.5, 0.6) is 0 Å². The summed E-state index contributed by atoms with van der Waals surface area (Å²) in [5.41, 5.74) is 6.78. The highest BCUT2D eigenvalue weighted by Crippen LogP contribution is 2.30. The van der Waals surface area contributed by atoms with E-state index in [4.69, 9.17) is 5.73 Å². The third-order valence-electron chi connectivity index (χ3n) is 3.30. The fourth-order valence-electron chi connectivity index (χ4n) is 2.49. The van der Waals surface area contributed by atoms with Gasteiger partial charge in [0.2, 0.25) is 5.95 Å². The standard InChI is InChI=1S/C12H20N4/c1-8(2)10-5-4-6-16(10)11-9(3)7-14-12(13)15-11/h7-8,10H,4-6H2,1-3H3,(H2,13,14,15). The van der Waals surface area contributed by atoms with Gasteiger partial charge in [0.1, 0.15) is 5.82 Å². The fraction of sp³-hybridized carbons (Fsp3) is 0.667. The lowest BCUT2D eigenvalue weighted by atomic mass is 10.0. The minimum atomic E-state index is 0.370. The SMILES string of the molecule is Cc1cnc(N)nc1N1CCCC1C(C)C. The van der Waals surface area contributed by atoms with E-state index in [9.17, 15) is 0 Å². The summed E-state index contributed by atoms with van der Waals surface area (Å²) in [6, 6.07) is 0.591. The first-order valence-electron chi connectivity index (χ1n) is 5.95. The van der Waals surface area contributed by atoms with E-state index in [1.807, 2.05) is 13.1 Å². The van der Waals surface area contributed by atoms with Crippen LogP contribution in [0.1, 0.15) is 32.3 Å². The Kier molecular flexibility index (Phi) is 2.99. The number of rotatable bonds is 2. The highest BCUT2D eigenvalue weighted by molar-refractivity contribution is 5.49. The van der Waals surface area contributed by atoms with Crippen LogP contribution in [0, 0.1) is 12.8 Å². The summed E-state index contributed by atoms with van der Waals surface area (Å²) in [5.74, 6) is 2.04. The molecule has 0 saturated carbocycles. The van der Waals surface area contributed by atoms with Crippen molar-refractivity contribution in [1.29, 1.82) is 0 Å². The van der Waals surface area contributed by atoms with Crippen LogP contribution in [-0.4, -0.2) is 22.6 Å². The summed E-state index contributed by atoms with van der Waals surface area (Å²) < 4.78 is 0. The largest absolute Gasteiger partial charge is 0.368 e. The summed E-state index contributed by atoms with van der Waals surface area (Å²) in [4.78, 5) is 10.8. The van der Waals surface area contributed by atoms with Gasteiger partial charge in [0.25, 0.3) is 0 Å². The van der Waals surface area contributed by atoms with Gasteiger partial charge >= 0.3 is 0 Å². The number of aryl methyl sites for hydroxylation is 1. The zero-order valence-electron chi connectivity index (χ0n) is 10.3. The highest BCUT2D eigenvalue weighted by atomic mass is 15.3. The molecule has 2 heterocycles. The van der Waals surface area contributed by atoms with Gasteiger partial charge in [-0.1, -0.05) is 13.8 Å². The second kappa shape index (κ2) is 4.28. The normalized spacial score (nSPS) is 20.8. The molecule has 0 aliphatic carbocycles.